The topological polar surface area (TPSA) is 229 Å². The van der Waals surface area contributed by atoms with Crippen molar-refractivity contribution in [3.8, 4) is 0 Å². The first-order valence-electron chi connectivity index (χ1n) is 15.4. The van der Waals surface area contributed by atoms with Gasteiger partial charge in [-0.15, -0.1) is 0 Å². The molecule has 0 aromatic heterocycles. The van der Waals surface area contributed by atoms with Gasteiger partial charge < -0.3 is 38.5 Å². The molecule has 0 heterocycles. The minimum Gasteiger partial charge on any atom is -0.368 e. The third kappa shape index (κ3) is 19.8. The summed E-state index contributed by atoms with van der Waals surface area (Å²) in [6, 6.07) is -3.53. The van der Waals surface area contributed by atoms with Crippen LogP contribution in [0.15, 0.2) is 0 Å². The molecule has 0 aromatic rings. The molecule has 0 aromatic carbocycles. The first-order chi connectivity index (χ1) is 19.9. The van der Waals surface area contributed by atoms with Gasteiger partial charge in [0.15, 0.2) is 0 Å². The molecule has 0 aliphatic rings. The molecule has 0 aliphatic heterocycles. The fraction of sp³-hybridized carbons (Fsp3) is 0.793. The Bertz CT molecular complexity index is 852. The maximum absolute atomic E-state index is 12.5. The first-order valence-corrected chi connectivity index (χ1v) is 15.4. The van der Waals surface area contributed by atoms with Gasteiger partial charge in [0.1, 0.15) is 18.1 Å². The Morgan fingerprint density at radius 1 is 0.595 bits per heavy atom. The Morgan fingerprint density at radius 3 is 1.67 bits per heavy atom. The van der Waals surface area contributed by atoms with Gasteiger partial charge in [-0.05, 0) is 46.0 Å². The number of primary amides is 2. The molecular formula is C29H55N7O6. The lowest BCUT2D eigenvalue weighted by molar-refractivity contribution is -0.131. The molecule has 4 atom stereocenters. The average Bonchev–Trinajstić information content (AvgIpc) is 2.92. The number of carbonyl (C=O) groups is 6. The normalized spacial score (nSPS) is 13.7. The van der Waals surface area contributed by atoms with Crippen molar-refractivity contribution in [2.75, 3.05) is 6.54 Å². The van der Waals surface area contributed by atoms with Gasteiger partial charge in [0.05, 0.1) is 6.04 Å². The summed E-state index contributed by atoms with van der Waals surface area (Å²) in [4.78, 5) is 72.0. The van der Waals surface area contributed by atoms with Crippen LogP contribution in [0.3, 0.4) is 0 Å². The lowest BCUT2D eigenvalue weighted by Crippen LogP contribution is -2.52. The second-order valence-electron chi connectivity index (χ2n) is 11.0. The average molecular weight is 598 g/mol. The molecule has 0 spiro atoms. The van der Waals surface area contributed by atoms with Crippen LogP contribution >= 0.6 is 0 Å². The highest BCUT2D eigenvalue weighted by Crippen LogP contribution is 2.10. The van der Waals surface area contributed by atoms with Crippen molar-refractivity contribution in [3.05, 3.63) is 0 Å². The van der Waals surface area contributed by atoms with Crippen molar-refractivity contribution in [1.82, 2.24) is 21.3 Å². The molecule has 0 aliphatic carbocycles. The summed E-state index contributed by atoms with van der Waals surface area (Å²) in [5.74, 6) is -3.05. The molecule has 42 heavy (non-hydrogen) atoms. The summed E-state index contributed by atoms with van der Waals surface area (Å²) >= 11 is 0. The Balaban J connectivity index is 4.26. The van der Waals surface area contributed by atoms with Gasteiger partial charge in [-0.1, -0.05) is 58.3 Å². The maximum atomic E-state index is 12.5. The zero-order chi connectivity index (χ0) is 31.9. The third-order valence-electron chi connectivity index (χ3n) is 6.91. The highest BCUT2D eigenvalue weighted by molar-refractivity contribution is 5.91. The van der Waals surface area contributed by atoms with Gasteiger partial charge in [-0.2, -0.15) is 0 Å². The third-order valence-corrected chi connectivity index (χ3v) is 6.91. The van der Waals surface area contributed by atoms with Crippen molar-refractivity contribution >= 4 is 35.4 Å². The number of hydrogen-bond donors (Lipinski definition) is 7. The van der Waals surface area contributed by atoms with E-state index in [1.54, 1.807) is 0 Å². The highest BCUT2D eigenvalue weighted by Gasteiger charge is 2.23. The molecule has 13 heteroatoms. The molecule has 0 saturated carbocycles. The molecule has 0 bridgehead atoms. The number of nitrogens with one attached hydrogen (secondary N) is 4. The Kier molecular flexibility index (Phi) is 21.6. The van der Waals surface area contributed by atoms with E-state index in [-0.39, 0.29) is 24.7 Å². The van der Waals surface area contributed by atoms with Crippen LogP contribution in [0.25, 0.3) is 0 Å². The molecule has 0 unspecified atom stereocenters. The van der Waals surface area contributed by atoms with Gasteiger partial charge in [-0.3, -0.25) is 28.8 Å². The van der Waals surface area contributed by atoms with Gasteiger partial charge in [-0.25, -0.2) is 0 Å². The van der Waals surface area contributed by atoms with Crippen LogP contribution in [0.4, 0.5) is 0 Å². The maximum Gasteiger partial charge on any atom is 0.242 e. The monoisotopic (exact) mass is 597 g/mol. The summed E-state index contributed by atoms with van der Waals surface area (Å²) < 4.78 is 0. The predicted molar refractivity (Wildman–Crippen MR) is 161 cm³/mol. The molecule has 242 valence electrons. The second-order valence-corrected chi connectivity index (χ2v) is 11.0. The molecule has 0 radical (unpaired) electrons. The molecule has 0 fully saturated rings. The van der Waals surface area contributed by atoms with Crippen LogP contribution in [0.1, 0.15) is 117 Å². The van der Waals surface area contributed by atoms with Gasteiger partial charge in [0.25, 0.3) is 0 Å². The van der Waals surface area contributed by atoms with Crippen molar-refractivity contribution < 1.29 is 28.8 Å². The highest BCUT2D eigenvalue weighted by atomic mass is 16.2. The molecule has 0 saturated heterocycles. The van der Waals surface area contributed by atoms with E-state index in [2.05, 4.69) is 28.2 Å². The zero-order valence-corrected chi connectivity index (χ0v) is 25.8. The van der Waals surface area contributed by atoms with Crippen LogP contribution in [0.2, 0.25) is 0 Å². The molecular weight excluding hydrogens is 542 g/mol. The van der Waals surface area contributed by atoms with Crippen molar-refractivity contribution in [2.24, 2.45) is 17.2 Å². The Labute approximate surface area is 250 Å². The largest absolute Gasteiger partial charge is 0.368 e. The van der Waals surface area contributed by atoms with E-state index in [1.807, 2.05) is 0 Å². The number of rotatable bonds is 25. The summed E-state index contributed by atoms with van der Waals surface area (Å²) in [5, 5.41) is 10.3. The number of unbranched alkanes of at least 4 members (excludes halogenated alkanes) is 9. The lowest BCUT2D eigenvalue weighted by Gasteiger charge is -2.19. The van der Waals surface area contributed by atoms with Crippen LogP contribution in [-0.4, -0.2) is 66.2 Å². The summed E-state index contributed by atoms with van der Waals surface area (Å²) in [7, 11) is 0. The minimum absolute atomic E-state index is 0.000921. The van der Waals surface area contributed by atoms with Crippen LogP contribution < -0.4 is 38.5 Å². The van der Waals surface area contributed by atoms with E-state index in [4.69, 9.17) is 17.2 Å². The van der Waals surface area contributed by atoms with Crippen molar-refractivity contribution in [1.29, 1.82) is 0 Å². The number of hydrogen-bond acceptors (Lipinski definition) is 7. The quantitative estimate of drug-likeness (QED) is 0.0747. The van der Waals surface area contributed by atoms with E-state index < -0.39 is 47.8 Å². The predicted octanol–water partition coefficient (Wildman–Crippen LogP) is 0.766. The van der Waals surface area contributed by atoms with Crippen LogP contribution in [0, 0.1) is 0 Å². The first kappa shape index (κ1) is 38.8. The summed E-state index contributed by atoms with van der Waals surface area (Å²) in [6.07, 6.45) is 11.9. The standard InChI is InChI=1S/C29H55N7O6/c1-4-5-6-7-8-9-10-11-12-16-25(38)34-21(3)29(42)36-23(27(32)40)17-18-24(37)33-19-14-13-15-22(26(31)39)35-28(41)20(2)30/h20-23H,4-19,30H2,1-3H3,(H2,31,39)(H2,32,40)(H,33,37)(H,34,38)(H,35,41)(H,36,42)/t20-,21-,22-,23+/m0/s1. The minimum atomic E-state index is -1.06. The Morgan fingerprint density at radius 2 is 1.12 bits per heavy atom. The van der Waals surface area contributed by atoms with E-state index in [1.165, 1.54) is 52.4 Å². The number of nitrogens with two attached hydrogens (primary N) is 3. The zero-order valence-electron chi connectivity index (χ0n) is 25.8. The smallest absolute Gasteiger partial charge is 0.242 e. The van der Waals surface area contributed by atoms with Crippen LogP contribution in [0.5, 0.6) is 0 Å². The number of carbonyl (C=O) groups excluding carboxylic acids is 6. The summed E-state index contributed by atoms with van der Waals surface area (Å²) in [6.45, 7) is 5.53. The van der Waals surface area contributed by atoms with Crippen LogP contribution in [-0.2, 0) is 28.8 Å². The molecule has 10 N–H and O–H groups in total. The summed E-state index contributed by atoms with van der Waals surface area (Å²) in [5.41, 5.74) is 16.2. The Hall–Kier alpha value is -3.22. The van der Waals surface area contributed by atoms with Gasteiger partial charge in [0.2, 0.25) is 35.4 Å². The van der Waals surface area contributed by atoms with Crippen molar-refractivity contribution in [2.45, 2.75) is 141 Å². The fourth-order valence-electron chi connectivity index (χ4n) is 4.21. The van der Waals surface area contributed by atoms with Gasteiger partial charge >= 0.3 is 0 Å². The molecule has 0 rings (SSSR count). The molecule has 13 nitrogen and oxygen atoms in total. The van der Waals surface area contributed by atoms with Crippen molar-refractivity contribution in [3.63, 3.8) is 0 Å². The molecule has 6 amide bonds. The van der Waals surface area contributed by atoms with E-state index >= 15 is 0 Å². The second kappa shape index (κ2) is 23.4. The SMILES string of the molecule is CCCCCCCCCCCC(=O)N[C@@H](C)C(=O)N[C@H](CCC(=O)NCCCC[C@H](NC(=O)[C@H](C)N)C(N)=O)C(N)=O. The van der Waals surface area contributed by atoms with E-state index in [0.29, 0.717) is 32.2 Å². The van der Waals surface area contributed by atoms with Gasteiger partial charge in [0, 0.05) is 19.4 Å². The fourth-order valence-corrected chi connectivity index (χ4v) is 4.21. The van der Waals surface area contributed by atoms with E-state index in [9.17, 15) is 28.8 Å². The van der Waals surface area contributed by atoms with E-state index in [0.717, 1.165) is 19.3 Å². The number of amides is 6. The lowest BCUT2D eigenvalue weighted by atomic mass is 10.1.